The molecular weight excluding hydrogens is 436 g/mol. The maximum Gasteiger partial charge on any atom is 0.573 e. The van der Waals surface area contributed by atoms with Crippen LogP contribution in [0.25, 0.3) is 0 Å². The number of amides is 1. The third-order valence-electron chi connectivity index (χ3n) is 7.96. The first kappa shape index (κ1) is 24.4. The molecule has 1 amide bonds. The van der Waals surface area contributed by atoms with Crippen LogP contribution in [-0.4, -0.2) is 43.7 Å². The number of benzene rings is 1. The Kier molecular flexibility index (Phi) is 6.25. The van der Waals surface area contributed by atoms with E-state index in [1.54, 1.807) is 19.1 Å². The summed E-state index contributed by atoms with van der Waals surface area (Å²) in [5, 5.41) is 2.86. The topological polar surface area (TPSA) is 82.8 Å². The van der Waals surface area contributed by atoms with Crippen molar-refractivity contribution in [1.82, 2.24) is 5.32 Å². The molecule has 1 aromatic rings. The number of carbonyl (C=O) groups excluding carboxylic acids is 1. The van der Waals surface area contributed by atoms with Crippen molar-refractivity contribution in [1.29, 1.82) is 0 Å². The quantitative estimate of drug-likeness (QED) is 0.597. The fourth-order valence-electron chi connectivity index (χ4n) is 5.89. The normalized spacial score (nSPS) is 31.9. The van der Waals surface area contributed by atoms with Crippen molar-refractivity contribution in [3.05, 3.63) is 29.8 Å². The van der Waals surface area contributed by atoms with Crippen LogP contribution >= 0.6 is 0 Å². The van der Waals surface area contributed by atoms with E-state index in [0.29, 0.717) is 18.3 Å². The van der Waals surface area contributed by atoms with Crippen molar-refractivity contribution in [3.8, 4) is 5.75 Å². The highest BCUT2D eigenvalue weighted by molar-refractivity contribution is 6.47. The first-order chi connectivity index (χ1) is 15.3. The van der Waals surface area contributed by atoms with E-state index in [4.69, 9.17) is 15.0 Å². The Balaban J connectivity index is 1.49. The van der Waals surface area contributed by atoms with E-state index in [0.717, 1.165) is 18.4 Å². The number of nitrogens with one attached hydrogen (secondary N) is 1. The van der Waals surface area contributed by atoms with E-state index in [9.17, 15) is 18.0 Å². The molecule has 10 heteroatoms. The number of hydrogen-bond acceptors (Lipinski definition) is 5. The lowest BCUT2D eigenvalue weighted by Crippen LogP contribution is -2.65. The van der Waals surface area contributed by atoms with Gasteiger partial charge in [0, 0.05) is 12.4 Å². The van der Waals surface area contributed by atoms with Gasteiger partial charge in [-0.1, -0.05) is 26.0 Å². The summed E-state index contributed by atoms with van der Waals surface area (Å²) < 4.78 is 54.3. The van der Waals surface area contributed by atoms with Gasteiger partial charge in [0.1, 0.15) is 5.75 Å². The number of alkyl halides is 3. The van der Waals surface area contributed by atoms with Gasteiger partial charge in [0.15, 0.2) is 0 Å². The molecule has 6 atom stereocenters. The molecule has 3 aliphatic carbocycles. The Morgan fingerprint density at radius 3 is 2.52 bits per heavy atom. The number of rotatable bonds is 7. The lowest BCUT2D eigenvalue weighted by molar-refractivity contribution is -0.274. The molecular formula is C23H32BF3N2O4. The SMILES string of the molecule is C[C@H](N)C(=O)NCC(Cc1ccc(OC(F)(F)F)cc1)B1O[C@H]2C[C@H]3C[C@H](C3(C)C)[C@@]2(C)O1. The molecule has 33 heavy (non-hydrogen) atoms. The third-order valence-corrected chi connectivity index (χ3v) is 7.96. The van der Waals surface area contributed by atoms with Gasteiger partial charge in [-0.2, -0.15) is 0 Å². The predicted molar refractivity (Wildman–Crippen MR) is 117 cm³/mol. The highest BCUT2D eigenvalue weighted by atomic mass is 19.4. The molecule has 1 aliphatic heterocycles. The standard InChI is InChI=1S/C23H32BF3N2O4/c1-13(28)20(30)29-12-16(9-14-5-7-17(8-6-14)31-23(25,26)27)24-32-19-11-15-10-18(21(15,2)3)22(19,4)33-24/h5-8,13,15-16,18-19H,9-12,28H2,1-4H3,(H,29,30)/t13-,15+,16?,18+,19-,22+/m0/s1. The predicted octanol–water partition coefficient (Wildman–Crippen LogP) is 3.69. The first-order valence-corrected chi connectivity index (χ1v) is 11.5. The fourth-order valence-corrected chi connectivity index (χ4v) is 5.89. The monoisotopic (exact) mass is 468 g/mol. The van der Waals surface area contributed by atoms with Crippen molar-refractivity contribution in [2.24, 2.45) is 23.0 Å². The summed E-state index contributed by atoms with van der Waals surface area (Å²) in [4.78, 5) is 12.1. The molecule has 1 unspecified atom stereocenters. The summed E-state index contributed by atoms with van der Waals surface area (Å²) in [5.74, 6) is 0.225. The zero-order chi connectivity index (χ0) is 24.2. The summed E-state index contributed by atoms with van der Waals surface area (Å²) in [6.07, 6.45) is -2.22. The number of halogens is 3. The zero-order valence-corrected chi connectivity index (χ0v) is 19.4. The minimum absolute atomic E-state index is 0.00605. The molecule has 2 bridgehead atoms. The van der Waals surface area contributed by atoms with Crippen molar-refractivity contribution < 1.29 is 32.0 Å². The van der Waals surface area contributed by atoms with Crippen LogP contribution in [0, 0.1) is 17.3 Å². The molecule has 182 valence electrons. The van der Waals surface area contributed by atoms with Gasteiger partial charge in [-0.3, -0.25) is 4.79 Å². The first-order valence-electron chi connectivity index (χ1n) is 11.5. The van der Waals surface area contributed by atoms with Gasteiger partial charge in [0.2, 0.25) is 5.91 Å². The lowest BCUT2D eigenvalue weighted by Gasteiger charge is -2.64. The largest absolute Gasteiger partial charge is 0.573 e. The van der Waals surface area contributed by atoms with Gasteiger partial charge < -0.3 is 25.1 Å². The summed E-state index contributed by atoms with van der Waals surface area (Å²) in [5.41, 5.74) is 6.29. The van der Waals surface area contributed by atoms with E-state index < -0.39 is 25.1 Å². The van der Waals surface area contributed by atoms with Gasteiger partial charge >= 0.3 is 13.5 Å². The van der Waals surface area contributed by atoms with Gasteiger partial charge in [-0.15, -0.1) is 13.2 Å². The average Bonchev–Trinajstić information content (AvgIpc) is 3.07. The van der Waals surface area contributed by atoms with Crippen LogP contribution in [0.15, 0.2) is 24.3 Å². The van der Waals surface area contributed by atoms with Crippen LogP contribution in [-0.2, 0) is 20.5 Å². The van der Waals surface area contributed by atoms with Crippen molar-refractivity contribution in [2.45, 2.75) is 76.9 Å². The second-order valence-electron chi connectivity index (χ2n) is 10.5. The van der Waals surface area contributed by atoms with Crippen LogP contribution in [0.4, 0.5) is 13.2 Å². The van der Waals surface area contributed by atoms with E-state index >= 15 is 0 Å². The summed E-state index contributed by atoms with van der Waals surface area (Å²) >= 11 is 0. The summed E-state index contributed by atoms with van der Waals surface area (Å²) in [6, 6.07) is 5.10. The van der Waals surface area contributed by atoms with Crippen LogP contribution in [0.2, 0.25) is 5.82 Å². The Morgan fingerprint density at radius 2 is 1.94 bits per heavy atom. The Hall–Kier alpha value is -1.78. The van der Waals surface area contributed by atoms with E-state index in [2.05, 4.69) is 30.8 Å². The molecule has 6 nitrogen and oxygen atoms in total. The van der Waals surface area contributed by atoms with Crippen LogP contribution in [0.3, 0.4) is 0 Å². The second-order valence-corrected chi connectivity index (χ2v) is 10.5. The average molecular weight is 468 g/mol. The van der Waals surface area contributed by atoms with Gasteiger partial charge in [0.25, 0.3) is 0 Å². The van der Waals surface area contributed by atoms with Gasteiger partial charge in [-0.05, 0) is 68.1 Å². The molecule has 4 aliphatic rings. The smallest absolute Gasteiger partial charge is 0.406 e. The number of hydrogen-bond donors (Lipinski definition) is 2. The summed E-state index contributed by atoms with van der Waals surface area (Å²) in [7, 11) is -0.533. The van der Waals surface area contributed by atoms with E-state index in [1.807, 2.05) is 0 Å². The Morgan fingerprint density at radius 1 is 1.27 bits per heavy atom. The van der Waals surface area contributed by atoms with Crippen LogP contribution in [0.5, 0.6) is 5.75 Å². The minimum Gasteiger partial charge on any atom is -0.406 e. The van der Waals surface area contributed by atoms with Gasteiger partial charge in [0.05, 0.1) is 17.7 Å². The van der Waals surface area contributed by atoms with Gasteiger partial charge in [-0.25, -0.2) is 0 Å². The Labute approximate surface area is 192 Å². The summed E-state index contributed by atoms with van der Waals surface area (Å²) in [6.45, 7) is 8.59. The molecule has 3 N–H and O–H groups in total. The number of nitrogens with two attached hydrogens (primary N) is 1. The molecule has 3 saturated carbocycles. The lowest BCUT2D eigenvalue weighted by atomic mass is 9.43. The highest BCUT2D eigenvalue weighted by Crippen LogP contribution is 2.66. The maximum atomic E-state index is 12.5. The second kappa shape index (κ2) is 8.46. The minimum atomic E-state index is -4.74. The Bertz CT molecular complexity index is 879. The molecule has 0 radical (unpaired) electrons. The van der Waals surface area contributed by atoms with E-state index in [1.165, 1.54) is 12.1 Å². The molecule has 0 aromatic heterocycles. The fraction of sp³-hybridized carbons (Fsp3) is 0.696. The molecule has 0 spiro atoms. The zero-order valence-electron chi connectivity index (χ0n) is 19.4. The van der Waals surface area contributed by atoms with Crippen LogP contribution < -0.4 is 15.8 Å². The maximum absolute atomic E-state index is 12.5. The van der Waals surface area contributed by atoms with Crippen molar-refractivity contribution in [2.75, 3.05) is 6.54 Å². The highest BCUT2D eigenvalue weighted by Gasteiger charge is 2.68. The molecule has 1 aromatic carbocycles. The number of ether oxygens (including phenoxy) is 1. The molecule has 1 saturated heterocycles. The van der Waals surface area contributed by atoms with Crippen LogP contribution in [0.1, 0.15) is 46.1 Å². The van der Waals surface area contributed by atoms with Crippen molar-refractivity contribution in [3.63, 3.8) is 0 Å². The third kappa shape index (κ3) is 4.75. The number of carbonyl (C=O) groups is 1. The molecule has 1 heterocycles. The molecule has 4 fully saturated rings. The molecule has 5 rings (SSSR count). The van der Waals surface area contributed by atoms with Crippen molar-refractivity contribution >= 4 is 13.0 Å². The van der Waals surface area contributed by atoms with E-state index in [-0.39, 0.29) is 35.5 Å².